The Kier molecular flexibility index (Phi) is 3.99. The SMILES string of the molecule is CN(CCc1ccnn1C)c1cccc(CN)c1. The number of aryl methyl sites for hydroxylation is 1. The lowest BCUT2D eigenvalue weighted by molar-refractivity contribution is 0.699. The standard InChI is InChI=1S/C14H20N4/c1-17(9-7-13-6-8-16-18(13)2)14-5-3-4-12(10-14)11-15/h3-6,8,10H,7,9,11,15H2,1-2H3. The van der Waals surface area contributed by atoms with Crippen LogP contribution in [-0.2, 0) is 20.0 Å². The molecule has 0 fully saturated rings. The van der Waals surface area contributed by atoms with Crippen LogP contribution in [0.1, 0.15) is 11.3 Å². The molecule has 0 spiro atoms. The van der Waals surface area contributed by atoms with E-state index in [1.54, 1.807) is 0 Å². The predicted octanol–water partition coefficient (Wildman–Crippen LogP) is 1.56. The molecule has 0 bridgehead atoms. The zero-order chi connectivity index (χ0) is 13.0. The number of hydrogen-bond donors (Lipinski definition) is 1. The highest BCUT2D eigenvalue weighted by molar-refractivity contribution is 5.47. The van der Waals surface area contributed by atoms with Crippen LogP contribution in [0.4, 0.5) is 5.69 Å². The number of likely N-dealkylation sites (N-methyl/N-ethyl adjacent to an activating group) is 1. The average molecular weight is 244 g/mol. The third-order valence-corrected chi connectivity index (χ3v) is 3.21. The molecule has 2 rings (SSSR count). The summed E-state index contributed by atoms with van der Waals surface area (Å²) >= 11 is 0. The highest BCUT2D eigenvalue weighted by atomic mass is 15.3. The molecule has 0 aliphatic heterocycles. The van der Waals surface area contributed by atoms with Crippen molar-refractivity contribution in [2.45, 2.75) is 13.0 Å². The molecule has 0 radical (unpaired) electrons. The zero-order valence-electron chi connectivity index (χ0n) is 11.0. The average Bonchev–Trinajstić information content (AvgIpc) is 2.81. The number of nitrogens with two attached hydrogens (primary N) is 1. The molecule has 1 heterocycles. The first-order valence-electron chi connectivity index (χ1n) is 6.17. The monoisotopic (exact) mass is 244 g/mol. The molecule has 1 aromatic carbocycles. The Morgan fingerprint density at radius 1 is 1.33 bits per heavy atom. The van der Waals surface area contributed by atoms with Crippen molar-refractivity contribution in [1.82, 2.24) is 9.78 Å². The fraction of sp³-hybridized carbons (Fsp3) is 0.357. The third-order valence-electron chi connectivity index (χ3n) is 3.21. The second-order valence-electron chi connectivity index (χ2n) is 4.49. The predicted molar refractivity (Wildman–Crippen MR) is 74.5 cm³/mol. The van der Waals surface area contributed by atoms with E-state index in [2.05, 4.69) is 47.4 Å². The van der Waals surface area contributed by atoms with Crippen LogP contribution in [0.5, 0.6) is 0 Å². The molecule has 4 heteroatoms. The summed E-state index contributed by atoms with van der Waals surface area (Å²) in [7, 11) is 4.08. The van der Waals surface area contributed by atoms with Crippen LogP contribution >= 0.6 is 0 Å². The first-order chi connectivity index (χ1) is 8.70. The lowest BCUT2D eigenvalue weighted by atomic mass is 10.2. The minimum atomic E-state index is 0.587. The number of hydrogen-bond acceptors (Lipinski definition) is 3. The first kappa shape index (κ1) is 12.6. The smallest absolute Gasteiger partial charge is 0.0492 e. The van der Waals surface area contributed by atoms with Gasteiger partial charge in [-0.1, -0.05) is 12.1 Å². The van der Waals surface area contributed by atoms with E-state index in [1.165, 1.54) is 16.9 Å². The van der Waals surface area contributed by atoms with Crippen molar-refractivity contribution in [2.24, 2.45) is 12.8 Å². The summed E-state index contributed by atoms with van der Waals surface area (Å²) in [5.74, 6) is 0. The molecule has 18 heavy (non-hydrogen) atoms. The maximum Gasteiger partial charge on any atom is 0.0492 e. The number of rotatable bonds is 5. The summed E-state index contributed by atoms with van der Waals surface area (Å²) in [6.45, 7) is 1.55. The maximum atomic E-state index is 5.66. The molecule has 2 aromatic rings. The molecule has 0 atom stereocenters. The van der Waals surface area contributed by atoms with Gasteiger partial charge >= 0.3 is 0 Å². The highest BCUT2D eigenvalue weighted by Gasteiger charge is 2.04. The molecule has 0 saturated carbocycles. The zero-order valence-corrected chi connectivity index (χ0v) is 11.0. The number of anilines is 1. The van der Waals surface area contributed by atoms with E-state index >= 15 is 0 Å². The second-order valence-corrected chi connectivity index (χ2v) is 4.49. The summed E-state index contributed by atoms with van der Waals surface area (Å²) in [5, 5.41) is 4.18. The first-order valence-corrected chi connectivity index (χ1v) is 6.17. The Labute approximate surface area is 108 Å². The van der Waals surface area contributed by atoms with Crippen LogP contribution in [0.25, 0.3) is 0 Å². The van der Waals surface area contributed by atoms with Crippen molar-refractivity contribution < 1.29 is 0 Å². The number of aromatic nitrogens is 2. The maximum absolute atomic E-state index is 5.66. The number of benzene rings is 1. The van der Waals surface area contributed by atoms with Crippen LogP contribution in [0.3, 0.4) is 0 Å². The molecule has 0 saturated heterocycles. The molecule has 1 aromatic heterocycles. The molecule has 0 unspecified atom stereocenters. The lowest BCUT2D eigenvalue weighted by Crippen LogP contribution is -2.21. The number of nitrogens with zero attached hydrogens (tertiary/aromatic N) is 3. The lowest BCUT2D eigenvalue weighted by Gasteiger charge is -2.20. The van der Waals surface area contributed by atoms with Gasteiger partial charge < -0.3 is 10.6 Å². The van der Waals surface area contributed by atoms with Crippen LogP contribution < -0.4 is 10.6 Å². The highest BCUT2D eigenvalue weighted by Crippen LogP contribution is 2.15. The molecular formula is C14H20N4. The topological polar surface area (TPSA) is 47.1 Å². The van der Waals surface area contributed by atoms with Gasteiger partial charge in [0.05, 0.1) is 0 Å². The van der Waals surface area contributed by atoms with Crippen LogP contribution in [0.15, 0.2) is 36.5 Å². The van der Waals surface area contributed by atoms with E-state index in [1.807, 2.05) is 17.9 Å². The summed E-state index contributed by atoms with van der Waals surface area (Å²) < 4.78 is 1.92. The Hall–Kier alpha value is -1.81. The fourth-order valence-corrected chi connectivity index (χ4v) is 1.98. The molecule has 0 aliphatic carbocycles. The fourth-order valence-electron chi connectivity index (χ4n) is 1.98. The van der Waals surface area contributed by atoms with Crippen molar-refractivity contribution in [3.8, 4) is 0 Å². The van der Waals surface area contributed by atoms with E-state index in [0.717, 1.165) is 13.0 Å². The Balaban J connectivity index is 1.99. The van der Waals surface area contributed by atoms with E-state index in [-0.39, 0.29) is 0 Å². The van der Waals surface area contributed by atoms with E-state index in [4.69, 9.17) is 5.73 Å². The molecular weight excluding hydrogens is 224 g/mol. The van der Waals surface area contributed by atoms with Gasteiger partial charge in [-0.3, -0.25) is 4.68 Å². The van der Waals surface area contributed by atoms with Gasteiger partial charge in [0.1, 0.15) is 0 Å². The van der Waals surface area contributed by atoms with E-state index in [9.17, 15) is 0 Å². The molecule has 0 amide bonds. The summed E-state index contributed by atoms with van der Waals surface area (Å²) in [6.07, 6.45) is 2.82. The normalized spacial score (nSPS) is 10.6. The Morgan fingerprint density at radius 3 is 2.83 bits per heavy atom. The molecule has 0 aliphatic rings. The quantitative estimate of drug-likeness (QED) is 0.868. The van der Waals surface area contributed by atoms with Gasteiger partial charge in [-0.25, -0.2) is 0 Å². The van der Waals surface area contributed by atoms with Crippen molar-refractivity contribution in [3.63, 3.8) is 0 Å². The second kappa shape index (κ2) is 5.69. The van der Waals surface area contributed by atoms with Gasteiger partial charge in [0.25, 0.3) is 0 Å². The van der Waals surface area contributed by atoms with Gasteiger partial charge in [0, 0.05) is 51.2 Å². The summed E-state index contributed by atoms with van der Waals surface area (Å²) in [5.41, 5.74) is 9.28. The molecule has 2 N–H and O–H groups in total. The van der Waals surface area contributed by atoms with Gasteiger partial charge in [0.15, 0.2) is 0 Å². The van der Waals surface area contributed by atoms with Crippen LogP contribution in [0.2, 0.25) is 0 Å². The van der Waals surface area contributed by atoms with Crippen molar-refractivity contribution in [2.75, 3.05) is 18.5 Å². The Bertz CT molecular complexity index is 504. The molecule has 4 nitrogen and oxygen atoms in total. The van der Waals surface area contributed by atoms with Crippen LogP contribution in [0, 0.1) is 0 Å². The van der Waals surface area contributed by atoms with Crippen molar-refractivity contribution in [1.29, 1.82) is 0 Å². The van der Waals surface area contributed by atoms with Crippen molar-refractivity contribution >= 4 is 5.69 Å². The van der Waals surface area contributed by atoms with E-state index < -0.39 is 0 Å². The minimum Gasteiger partial charge on any atom is -0.374 e. The van der Waals surface area contributed by atoms with E-state index in [0.29, 0.717) is 6.54 Å². The van der Waals surface area contributed by atoms with Crippen LogP contribution in [-0.4, -0.2) is 23.4 Å². The minimum absolute atomic E-state index is 0.587. The van der Waals surface area contributed by atoms with Crippen molar-refractivity contribution in [3.05, 3.63) is 47.8 Å². The summed E-state index contributed by atoms with van der Waals surface area (Å²) in [4.78, 5) is 2.24. The summed E-state index contributed by atoms with van der Waals surface area (Å²) in [6, 6.07) is 10.4. The molecule has 96 valence electrons. The third kappa shape index (κ3) is 2.90. The van der Waals surface area contributed by atoms with Gasteiger partial charge in [-0.05, 0) is 23.8 Å². The largest absolute Gasteiger partial charge is 0.374 e. The van der Waals surface area contributed by atoms with Gasteiger partial charge in [-0.2, -0.15) is 5.10 Å². The van der Waals surface area contributed by atoms with Gasteiger partial charge in [0.2, 0.25) is 0 Å². The van der Waals surface area contributed by atoms with Gasteiger partial charge in [-0.15, -0.1) is 0 Å². The Morgan fingerprint density at radius 2 is 2.17 bits per heavy atom.